The molecular formula is C9H15N3O6S. The molecule has 0 unspecified atom stereocenters. The molecular weight excluding hydrogens is 278 g/mol. The number of H-pyrrole nitrogens is 1. The summed E-state index contributed by atoms with van der Waals surface area (Å²) in [5.41, 5.74) is -0.333. The summed E-state index contributed by atoms with van der Waals surface area (Å²) >= 11 is 0. The van der Waals surface area contributed by atoms with Crippen molar-refractivity contribution in [1.82, 2.24) is 14.5 Å². The highest BCUT2D eigenvalue weighted by Crippen LogP contribution is 2.20. The Morgan fingerprint density at radius 2 is 1.84 bits per heavy atom. The number of nitrogens with one attached hydrogen (secondary N) is 1. The lowest BCUT2D eigenvalue weighted by molar-refractivity contribution is 0.0691. The van der Waals surface area contributed by atoms with Crippen molar-refractivity contribution in [2.45, 2.75) is 11.9 Å². The van der Waals surface area contributed by atoms with E-state index in [1.54, 1.807) is 0 Å². The van der Waals surface area contributed by atoms with Crippen molar-refractivity contribution in [3.63, 3.8) is 0 Å². The van der Waals surface area contributed by atoms with Gasteiger partial charge < -0.3 is 15.3 Å². The number of carboxylic acid groups (broad SMARTS) is 1. The zero-order chi connectivity index (χ0) is 14.6. The Morgan fingerprint density at radius 1 is 1.32 bits per heavy atom. The fourth-order valence-electron chi connectivity index (χ4n) is 1.54. The smallest absolute Gasteiger partial charge is 0.340 e. The van der Waals surface area contributed by atoms with Gasteiger partial charge in [0.25, 0.3) is 10.0 Å². The maximum Gasteiger partial charge on any atom is 0.340 e. The highest BCUT2D eigenvalue weighted by atomic mass is 32.2. The number of aromatic nitrogens is 2. The Balaban J connectivity index is 3.29. The van der Waals surface area contributed by atoms with E-state index in [1.807, 2.05) is 0 Å². The van der Waals surface area contributed by atoms with Crippen molar-refractivity contribution in [2.24, 2.45) is 0 Å². The Labute approximate surface area is 109 Å². The van der Waals surface area contributed by atoms with Crippen LogP contribution in [0.25, 0.3) is 0 Å². The van der Waals surface area contributed by atoms with E-state index >= 15 is 0 Å². The molecule has 0 atom stereocenters. The first-order valence-electron chi connectivity index (χ1n) is 5.36. The van der Waals surface area contributed by atoms with E-state index in [1.165, 1.54) is 6.92 Å². The lowest BCUT2D eigenvalue weighted by Crippen LogP contribution is -2.36. The van der Waals surface area contributed by atoms with Crippen LogP contribution in [0.4, 0.5) is 0 Å². The summed E-state index contributed by atoms with van der Waals surface area (Å²) in [5, 5.41) is 31.8. The van der Waals surface area contributed by atoms with Gasteiger partial charge in [0.1, 0.15) is 5.56 Å². The van der Waals surface area contributed by atoms with Gasteiger partial charge in [-0.1, -0.05) is 0 Å². The van der Waals surface area contributed by atoms with Crippen LogP contribution in [0.3, 0.4) is 0 Å². The van der Waals surface area contributed by atoms with Gasteiger partial charge in [0.15, 0.2) is 0 Å². The third kappa shape index (κ3) is 3.10. The summed E-state index contributed by atoms with van der Waals surface area (Å²) < 4.78 is 25.2. The number of hydrogen-bond donors (Lipinski definition) is 4. The van der Waals surface area contributed by atoms with Gasteiger partial charge >= 0.3 is 5.97 Å². The molecule has 0 aromatic carbocycles. The van der Waals surface area contributed by atoms with Crippen LogP contribution in [0, 0.1) is 6.92 Å². The van der Waals surface area contributed by atoms with Gasteiger partial charge in [0.05, 0.1) is 13.2 Å². The highest BCUT2D eigenvalue weighted by Gasteiger charge is 2.32. The van der Waals surface area contributed by atoms with Crippen LogP contribution in [0.1, 0.15) is 16.1 Å². The van der Waals surface area contributed by atoms with Gasteiger partial charge in [-0.15, -0.1) is 0 Å². The number of nitrogens with zero attached hydrogens (tertiary/aromatic N) is 2. The zero-order valence-corrected chi connectivity index (χ0v) is 11.0. The fourth-order valence-corrected chi connectivity index (χ4v) is 3.09. The molecule has 0 amide bonds. The molecule has 0 bridgehead atoms. The maximum absolute atomic E-state index is 12.2. The number of aliphatic hydroxyl groups is 2. The van der Waals surface area contributed by atoms with Crippen LogP contribution >= 0.6 is 0 Å². The first-order chi connectivity index (χ1) is 8.86. The minimum atomic E-state index is -4.19. The fraction of sp³-hybridized carbons (Fsp3) is 0.556. The molecule has 4 N–H and O–H groups in total. The molecule has 1 rings (SSSR count). The molecule has 0 saturated carbocycles. The minimum absolute atomic E-state index is 0.110. The standard InChI is InChI=1S/C9H15N3O6S/c1-6-7(9(15)16)8(11-10-6)19(17,18)12(2-4-13)3-5-14/h13-14H,2-5H2,1H3,(H,10,11)(H,15,16). The third-order valence-corrected chi connectivity index (χ3v) is 4.24. The van der Waals surface area contributed by atoms with Crippen LogP contribution in [0.5, 0.6) is 0 Å². The summed E-state index contributed by atoms with van der Waals surface area (Å²) in [6.45, 7) is -0.0320. The van der Waals surface area contributed by atoms with Gasteiger partial charge in [0, 0.05) is 18.8 Å². The number of aromatic carboxylic acids is 1. The van der Waals surface area contributed by atoms with E-state index in [4.69, 9.17) is 15.3 Å². The van der Waals surface area contributed by atoms with Crippen molar-refractivity contribution < 1.29 is 28.5 Å². The van der Waals surface area contributed by atoms with Gasteiger partial charge in [-0.3, -0.25) is 5.10 Å². The summed E-state index contributed by atoms with van der Waals surface area (Å²) in [6, 6.07) is 0. The molecule has 108 valence electrons. The Morgan fingerprint density at radius 3 is 2.26 bits per heavy atom. The Kier molecular flexibility index (Phi) is 5.00. The molecule has 0 saturated heterocycles. The number of aliphatic hydroxyl groups excluding tert-OH is 2. The molecule has 0 aliphatic carbocycles. The van der Waals surface area contributed by atoms with Crippen molar-refractivity contribution in [2.75, 3.05) is 26.3 Å². The molecule has 0 aliphatic heterocycles. The van der Waals surface area contributed by atoms with E-state index < -0.39 is 39.8 Å². The summed E-state index contributed by atoms with van der Waals surface area (Å²) in [7, 11) is -4.19. The predicted molar refractivity (Wildman–Crippen MR) is 63.2 cm³/mol. The number of rotatable bonds is 7. The quantitative estimate of drug-likeness (QED) is 0.473. The second-order valence-corrected chi connectivity index (χ2v) is 5.54. The second kappa shape index (κ2) is 6.10. The predicted octanol–water partition coefficient (Wildman–Crippen LogP) is -1.61. The van der Waals surface area contributed by atoms with Gasteiger partial charge in [0.2, 0.25) is 5.03 Å². The highest BCUT2D eigenvalue weighted by molar-refractivity contribution is 7.89. The molecule has 19 heavy (non-hydrogen) atoms. The molecule has 10 heteroatoms. The van der Waals surface area contributed by atoms with Crippen molar-refractivity contribution in [1.29, 1.82) is 0 Å². The molecule has 1 aromatic heterocycles. The van der Waals surface area contributed by atoms with Crippen LogP contribution in [-0.2, 0) is 10.0 Å². The summed E-state index contributed by atoms with van der Waals surface area (Å²) in [6.07, 6.45) is 0. The first kappa shape index (κ1) is 15.6. The average molecular weight is 293 g/mol. The number of hydrogen-bond acceptors (Lipinski definition) is 6. The van der Waals surface area contributed by atoms with Crippen molar-refractivity contribution in [3.8, 4) is 0 Å². The number of sulfonamides is 1. The monoisotopic (exact) mass is 293 g/mol. The lowest BCUT2D eigenvalue weighted by atomic mass is 10.3. The molecule has 0 spiro atoms. The molecule has 9 nitrogen and oxygen atoms in total. The molecule has 1 aromatic rings. The largest absolute Gasteiger partial charge is 0.478 e. The molecule has 0 radical (unpaired) electrons. The number of aryl methyl sites for hydroxylation is 1. The van der Waals surface area contributed by atoms with Crippen LogP contribution < -0.4 is 0 Å². The van der Waals surface area contributed by atoms with Crippen molar-refractivity contribution >= 4 is 16.0 Å². The normalized spacial score (nSPS) is 12.0. The van der Waals surface area contributed by atoms with Crippen LogP contribution in [0.15, 0.2) is 5.03 Å². The molecule has 0 fully saturated rings. The SMILES string of the molecule is Cc1[nH]nc(S(=O)(=O)N(CCO)CCO)c1C(=O)O. The van der Waals surface area contributed by atoms with Gasteiger partial charge in [-0.25, -0.2) is 13.2 Å². The number of carbonyl (C=O) groups is 1. The van der Waals surface area contributed by atoms with E-state index in [2.05, 4.69) is 10.2 Å². The van der Waals surface area contributed by atoms with E-state index in [0.717, 1.165) is 4.31 Å². The summed E-state index contributed by atoms with van der Waals surface area (Å²) in [4.78, 5) is 11.0. The lowest BCUT2D eigenvalue weighted by Gasteiger charge is -2.19. The number of carboxylic acids is 1. The van der Waals surface area contributed by atoms with Gasteiger partial charge in [-0.05, 0) is 6.92 Å². The number of aromatic amines is 1. The van der Waals surface area contributed by atoms with E-state index in [-0.39, 0.29) is 18.8 Å². The van der Waals surface area contributed by atoms with Crippen LogP contribution in [0.2, 0.25) is 0 Å². The van der Waals surface area contributed by atoms with Crippen molar-refractivity contribution in [3.05, 3.63) is 11.3 Å². The third-order valence-electron chi connectivity index (χ3n) is 2.41. The maximum atomic E-state index is 12.2. The minimum Gasteiger partial charge on any atom is -0.478 e. The molecule has 1 heterocycles. The summed E-state index contributed by atoms with van der Waals surface area (Å²) in [5.74, 6) is -1.42. The van der Waals surface area contributed by atoms with Gasteiger partial charge in [-0.2, -0.15) is 9.40 Å². The van der Waals surface area contributed by atoms with Crippen LogP contribution in [-0.4, -0.2) is 70.5 Å². The Bertz CT molecular complexity index is 546. The van der Waals surface area contributed by atoms with E-state index in [9.17, 15) is 13.2 Å². The first-order valence-corrected chi connectivity index (χ1v) is 6.80. The second-order valence-electron chi connectivity index (χ2n) is 3.69. The van der Waals surface area contributed by atoms with E-state index in [0.29, 0.717) is 0 Å². The Hall–Kier alpha value is -1.49. The topological polar surface area (TPSA) is 144 Å². The molecule has 0 aliphatic rings. The zero-order valence-electron chi connectivity index (χ0n) is 10.2. The average Bonchev–Trinajstić information content (AvgIpc) is 2.71.